The zero-order valence-electron chi connectivity index (χ0n) is 13.5. The number of halogens is 2. The molecule has 2 aromatic rings. The van der Waals surface area contributed by atoms with Crippen LogP contribution in [0.1, 0.15) is 36.9 Å². The Balaban J connectivity index is 0.00000264. The Labute approximate surface area is 158 Å². The molecule has 5 nitrogen and oxygen atoms in total. The average molecular weight is 449 g/mol. The average Bonchev–Trinajstić information content (AvgIpc) is 3.00. The van der Waals surface area contributed by atoms with Crippen molar-refractivity contribution >= 4 is 41.5 Å². The first-order valence-corrected chi connectivity index (χ1v) is 7.67. The number of aromatic nitrogens is 1. The largest absolute Gasteiger partial charge is 0.359 e. The van der Waals surface area contributed by atoms with Crippen LogP contribution < -0.4 is 10.6 Å². The highest BCUT2D eigenvalue weighted by atomic mass is 127. The van der Waals surface area contributed by atoms with Crippen LogP contribution >= 0.6 is 35.6 Å². The molecule has 0 amide bonds. The van der Waals surface area contributed by atoms with E-state index in [0.29, 0.717) is 12.5 Å². The quantitative estimate of drug-likeness (QED) is 0.413. The molecule has 1 heterocycles. The van der Waals surface area contributed by atoms with Gasteiger partial charge in [-0.1, -0.05) is 35.8 Å². The molecule has 0 aliphatic heterocycles. The van der Waals surface area contributed by atoms with Crippen molar-refractivity contribution in [1.82, 2.24) is 15.8 Å². The van der Waals surface area contributed by atoms with E-state index in [0.717, 1.165) is 28.5 Å². The molecule has 126 valence electrons. The molecule has 0 saturated heterocycles. The fourth-order valence-electron chi connectivity index (χ4n) is 2.01. The second kappa shape index (κ2) is 9.77. The molecule has 0 radical (unpaired) electrons. The standard InChI is InChI=1S/C16H21ClN4O.HI/c1-4-14-9-15(22-21-14)10-19-16(18-3)20-11(2)12-5-7-13(17)8-6-12;/h5-9,11H,4,10H2,1-3H3,(H2,18,19,20);1H. The number of hydrogen-bond acceptors (Lipinski definition) is 3. The molecule has 23 heavy (non-hydrogen) atoms. The van der Waals surface area contributed by atoms with Gasteiger partial charge in [-0.3, -0.25) is 4.99 Å². The first-order valence-electron chi connectivity index (χ1n) is 7.29. The normalized spacial score (nSPS) is 12.4. The minimum Gasteiger partial charge on any atom is -0.359 e. The highest BCUT2D eigenvalue weighted by Gasteiger charge is 2.09. The van der Waals surface area contributed by atoms with Crippen LogP contribution in [-0.2, 0) is 13.0 Å². The lowest BCUT2D eigenvalue weighted by atomic mass is 10.1. The highest BCUT2D eigenvalue weighted by Crippen LogP contribution is 2.15. The summed E-state index contributed by atoms with van der Waals surface area (Å²) in [5.74, 6) is 1.50. The van der Waals surface area contributed by atoms with E-state index in [1.807, 2.05) is 37.3 Å². The SMILES string of the molecule is CCc1cc(CNC(=NC)NC(C)c2ccc(Cl)cc2)on1.I. The van der Waals surface area contributed by atoms with Gasteiger partial charge in [0.15, 0.2) is 11.7 Å². The van der Waals surface area contributed by atoms with Gasteiger partial charge in [-0.05, 0) is 31.0 Å². The molecule has 0 spiro atoms. The molecule has 1 aromatic heterocycles. The maximum absolute atomic E-state index is 5.91. The van der Waals surface area contributed by atoms with Gasteiger partial charge in [-0.25, -0.2) is 0 Å². The summed E-state index contributed by atoms with van der Waals surface area (Å²) >= 11 is 5.91. The molecule has 0 aliphatic rings. The van der Waals surface area contributed by atoms with Crippen LogP contribution in [0.4, 0.5) is 0 Å². The Morgan fingerprint density at radius 1 is 1.35 bits per heavy atom. The Morgan fingerprint density at radius 2 is 2.04 bits per heavy atom. The molecule has 0 aliphatic carbocycles. The summed E-state index contributed by atoms with van der Waals surface area (Å²) in [6.07, 6.45) is 0.865. The lowest BCUT2D eigenvalue weighted by Gasteiger charge is -2.17. The highest BCUT2D eigenvalue weighted by molar-refractivity contribution is 14.0. The summed E-state index contributed by atoms with van der Waals surface area (Å²) < 4.78 is 5.24. The number of aryl methyl sites for hydroxylation is 1. The van der Waals surface area contributed by atoms with Gasteiger partial charge >= 0.3 is 0 Å². The van der Waals surface area contributed by atoms with Crippen molar-refractivity contribution in [2.24, 2.45) is 4.99 Å². The summed E-state index contributed by atoms with van der Waals surface area (Å²) in [7, 11) is 1.74. The third-order valence-corrected chi connectivity index (χ3v) is 3.60. The van der Waals surface area contributed by atoms with E-state index in [1.165, 1.54) is 0 Å². The fraction of sp³-hybridized carbons (Fsp3) is 0.375. The van der Waals surface area contributed by atoms with E-state index in [9.17, 15) is 0 Å². The molecule has 2 rings (SSSR count). The molecular formula is C16H22ClIN4O. The number of hydrogen-bond donors (Lipinski definition) is 2. The number of benzene rings is 1. The van der Waals surface area contributed by atoms with E-state index in [4.69, 9.17) is 16.1 Å². The van der Waals surface area contributed by atoms with Gasteiger partial charge in [0.2, 0.25) is 0 Å². The van der Waals surface area contributed by atoms with Crippen molar-refractivity contribution in [3.8, 4) is 0 Å². The van der Waals surface area contributed by atoms with E-state index < -0.39 is 0 Å². The van der Waals surface area contributed by atoms with Crippen LogP contribution in [-0.4, -0.2) is 18.2 Å². The third kappa shape index (κ3) is 6.02. The van der Waals surface area contributed by atoms with E-state index in [1.54, 1.807) is 7.05 Å². The summed E-state index contributed by atoms with van der Waals surface area (Å²) in [6, 6.07) is 9.82. The minimum absolute atomic E-state index is 0. The molecule has 0 bridgehead atoms. The minimum atomic E-state index is 0. The topological polar surface area (TPSA) is 62.5 Å². The van der Waals surface area contributed by atoms with Crippen LogP contribution in [0, 0.1) is 0 Å². The van der Waals surface area contributed by atoms with Gasteiger partial charge in [-0.15, -0.1) is 24.0 Å². The maximum Gasteiger partial charge on any atom is 0.191 e. The van der Waals surface area contributed by atoms with E-state index in [-0.39, 0.29) is 30.0 Å². The smallest absolute Gasteiger partial charge is 0.191 e. The van der Waals surface area contributed by atoms with Crippen LogP contribution in [0.15, 0.2) is 39.8 Å². The van der Waals surface area contributed by atoms with Crippen molar-refractivity contribution in [2.45, 2.75) is 32.9 Å². The first-order chi connectivity index (χ1) is 10.6. The van der Waals surface area contributed by atoms with Gasteiger partial charge in [-0.2, -0.15) is 0 Å². The third-order valence-electron chi connectivity index (χ3n) is 3.35. The molecule has 7 heteroatoms. The second-order valence-corrected chi connectivity index (χ2v) is 5.42. The molecule has 1 aromatic carbocycles. The van der Waals surface area contributed by atoms with E-state index in [2.05, 4.69) is 27.7 Å². The molecule has 0 saturated carbocycles. The number of aliphatic imine (C=N–C) groups is 1. The number of nitrogens with zero attached hydrogens (tertiary/aromatic N) is 2. The van der Waals surface area contributed by atoms with Gasteiger partial charge in [0.1, 0.15) is 0 Å². The Hall–Kier alpha value is -1.28. The van der Waals surface area contributed by atoms with Crippen molar-refractivity contribution in [3.05, 3.63) is 52.4 Å². The predicted molar refractivity (Wildman–Crippen MR) is 104 cm³/mol. The lowest BCUT2D eigenvalue weighted by Crippen LogP contribution is -2.38. The lowest BCUT2D eigenvalue weighted by molar-refractivity contribution is 0.374. The van der Waals surface area contributed by atoms with Gasteiger partial charge in [0.25, 0.3) is 0 Å². The van der Waals surface area contributed by atoms with Crippen molar-refractivity contribution < 1.29 is 4.52 Å². The summed E-state index contributed by atoms with van der Waals surface area (Å²) in [5, 5.41) is 11.2. The number of rotatable bonds is 5. The first kappa shape index (κ1) is 19.8. The summed E-state index contributed by atoms with van der Waals surface area (Å²) in [4.78, 5) is 4.22. The van der Waals surface area contributed by atoms with Gasteiger partial charge < -0.3 is 15.2 Å². The van der Waals surface area contributed by atoms with Crippen LogP contribution in [0.5, 0.6) is 0 Å². The van der Waals surface area contributed by atoms with Crippen LogP contribution in [0.25, 0.3) is 0 Å². The number of guanidine groups is 1. The molecular weight excluding hydrogens is 427 g/mol. The Morgan fingerprint density at radius 3 is 2.61 bits per heavy atom. The predicted octanol–water partition coefficient (Wildman–Crippen LogP) is 3.93. The molecule has 1 unspecified atom stereocenters. The molecule has 1 atom stereocenters. The van der Waals surface area contributed by atoms with E-state index >= 15 is 0 Å². The van der Waals surface area contributed by atoms with Crippen LogP contribution in [0.2, 0.25) is 5.02 Å². The van der Waals surface area contributed by atoms with Crippen LogP contribution in [0.3, 0.4) is 0 Å². The monoisotopic (exact) mass is 448 g/mol. The Bertz CT molecular complexity index is 627. The number of nitrogens with one attached hydrogen (secondary N) is 2. The molecule has 2 N–H and O–H groups in total. The van der Waals surface area contributed by atoms with Crippen molar-refractivity contribution in [3.63, 3.8) is 0 Å². The second-order valence-electron chi connectivity index (χ2n) is 4.98. The maximum atomic E-state index is 5.91. The summed E-state index contributed by atoms with van der Waals surface area (Å²) in [5.41, 5.74) is 2.09. The van der Waals surface area contributed by atoms with Gasteiger partial charge in [0, 0.05) is 18.1 Å². The van der Waals surface area contributed by atoms with Crippen molar-refractivity contribution in [2.75, 3.05) is 7.05 Å². The Kier molecular flexibility index (Phi) is 8.40. The zero-order chi connectivity index (χ0) is 15.9. The fourth-order valence-corrected chi connectivity index (χ4v) is 2.14. The van der Waals surface area contributed by atoms with Gasteiger partial charge in [0.05, 0.1) is 18.3 Å². The van der Waals surface area contributed by atoms with Crippen molar-refractivity contribution in [1.29, 1.82) is 0 Å². The zero-order valence-corrected chi connectivity index (χ0v) is 16.6. The molecule has 0 fully saturated rings. The summed E-state index contributed by atoms with van der Waals surface area (Å²) in [6.45, 7) is 4.66.